The molecule has 1 aliphatic heterocycles. The van der Waals surface area contributed by atoms with Gasteiger partial charge in [-0.05, 0) is 54.1 Å². The summed E-state index contributed by atoms with van der Waals surface area (Å²) in [5, 5.41) is 3.38. The molecule has 0 radical (unpaired) electrons. The SMILES string of the molecule is CC(=O)Nc1ccc(N2C(=O)/C(=C/c3ccccc3OCc3ccc(Cl)cc3)SC2=S)cc1. The normalized spacial score (nSPS) is 14.6. The van der Waals surface area contributed by atoms with E-state index in [1.165, 1.54) is 23.6 Å². The van der Waals surface area contributed by atoms with Gasteiger partial charge in [-0.1, -0.05) is 65.9 Å². The summed E-state index contributed by atoms with van der Waals surface area (Å²) in [4.78, 5) is 26.3. The maximum atomic E-state index is 13.1. The molecule has 166 valence electrons. The lowest BCUT2D eigenvalue weighted by Gasteiger charge is -2.15. The number of halogens is 1. The van der Waals surface area contributed by atoms with E-state index in [1.54, 1.807) is 30.3 Å². The first-order valence-electron chi connectivity index (χ1n) is 10.0. The molecule has 1 saturated heterocycles. The second-order valence-corrected chi connectivity index (χ2v) is 9.31. The second kappa shape index (κ2) is 10.2. The molecule has 0 bridgehead atoms. The molecule has 1 fully saturated rings. The number of anilines is 2. The first-order chi connectivity index (χ1) is 15.9. The van der Waals surface area contributed by atoms with Crippen molar-refractivity contribution in [3.05, 3.63) is 93.9 Å². The summed E-state index contributed by atoms with van der Waals surface area (Å²) in [7, 11) is 0. The number of ether oxygens (including phenoxy) is 1. The van der Waals surface area contributed by atoms with Crippen LogP contribution >= 0.6 is 35.6 Å². The number of amides is 2. The third kappa shape index (κ3) is 5.63. The Labute approximate surface area is 206 Å². The van der Waals surface area contributed by atoms with Gasteiger partial charge in [0.05, 0.1) is 10.6 Å². The van der Waals surface area contributed by atoms with Crippen molar-refractivity contribution < 1.29 is 14.3 Å². The molecule has 0 aromatic heterocycles. The zero-order valence-electron chi connectivity index (χ0n) is 17.6. The Balaban J connectivity index is 1.52. The average molecular weight is 495 g/mol. The molecular formula is C25H19ClN2O3S2. The molecule has 1 aliphatic rings. The maximum absolute atomic E-state index is 13.1. The molecule has 1 N–H and O–H groups in total. The third-order valence-corrected chi connectivity index (χ3v) is 6.31. The Kier molecular flexibility index (Phi) is 7.13. The highest BCUT2D eigenvalue weighted by Gasteiger charge is 2.33. The molecule has 2 amide bonds. The van der Waals surface area contributed by atoms with Gasteiger partial charge >= 0.3 is 0 Å². The van der Waals surface area contributed by atoms with Gasteiger partial charge in [-0.3, -0.25) is 14.5 Å². The Morgan fingerprint density at radius 3 is 2.48 bits per heavy atom. The van der Waals surface area contributed by atoms with E-state index in [1.807, 2.05) is 48.5 Å². The monoisotopic (exact) mass is 494 g/mol. The van der Waals surface area contributed by atoms with E-state index >= 15 is 0 Å². The largest absolute Gasteiger partial charge is 0.488 e. The molecule has 4 rings (SSSR count). The zero-order chi connectivity index (χ0) is 23.4. The van der Waals surface area contributed by atoms with Gasteiger partial charge < -0.3 is 10.1 Å². The van der Waals surface area contributed by atoms with Crippen molar-refractivity contribution in [2.24, 2.45) is 0 Å². The molecule has 0 aliphatic carbocycles. The molecule has 3 aromatic carbocycles. The minimum absolute atomic E-state index is 0.159. The quantitative estimate of drug-likeness (QED) is 0.322. The number of thiocarbonyl (C=S) groups is 1. The van der Waals surface area contributed by atoms with Crippen molar-refractivity contribution >= 4 is 69.2 Å². The van der Waals surface area contributed by atoms with Gasteiger partial charge in [0, 0.05) is 23.2 Å². The van der Waals surface area contributed by atoms with Gasteiger partial charge in [-0.2, -0.15) is 0 Å². The lowest BCUT2D eigenvalue weighted by atomic mass is 10.1. The lowest BCUT2D eigenvalue weighted by Crippen LogP contribution is -2.27. The van der Waals surface area contributed by atoms with Gasteiger partial charge in [0.1, 0.15) is 12.4 Å². The number of carbonyl (C=O) groups is 2. The molecule has 5 nitrogen and oxygen atoms in total. The van der Waals surface area contributed by atoms with E-state index in [-0.39, 0.29) is 11.8 Å². The van der Waals surface area contributed by atoms with Gasteiger partial charge in [0.15, 0.2) is 4.32 Å². The van der Waals surface area contributed by atoms with Crippen LogP contribution in [0.2, 0.25) is 5.02 Å². The Morgan fingerprint density at radius 1 is 1.09 bits per heavy atom. The molecule has 1 heterocycles. The van der Waals surface area contributed by atoms with Crippen LogP contribution in [0.5, 0.6) is 5.75 Å². The number of para-hydroxylation sites is 1. The van der Waals surface area contributed by atoms with Gasteiger partial charge in [-0.25, -0.2) is 0 Å². The van der Waals surface area contributed by atoms with Crippen LogP contribution in [0.15, 0.2) is 77.7 Å². The van der Waals surface area contributed by atoms with Crippen LogP contribution in [0.1, 0.15) is 18.1 Å². The van der Waals surface area contributed by atoms with Gasteiger partial charge in [-0.15, -0.1) is 0 Å². The van der Waals surface area contributed by atoms with E-state index in [2.05, 4.69) is 5.32 Å². The number of benzene rings is 3. The van der Waals surface area contributed by atoms with Crippen LogP contribution in [-0.4, -0.2) is 16.1 Å². The number of carbonyl (C=O) groups excluding carboxylic acids is 2. The predicted octanol–water partition coefficient (Wildman–Crippen LogP) is 6.28. The topological polar surface area (TPSA) is 58.6 Å². The first kappa shape index (κ1) is 23.0. The number of nitrogens with one attached hydrogen (secondary N) is 1. The minimum Gasteiger partial charge on any atom is -0.488 e. The highest BCUT2D eigenvalue weighted by molar-refractivity contribution is 8.27. The number of thioether (sulfide) groups is 1. The smallest absolute Gasteiger partial charge is 0.270 e. The summed E-state index contributed by atoms with van der Waals surface area (Å²) in [5.74, 6) is 0.301. The van der Waals surface area contributed by atoms with Crippen LogP contribution in [0, 0.1) is 0 Å². The Morgan fingerprint density at radius 2 is 1.79 bits per heavy atom. The number of rotatable bonds is 6. The van der Waals surface area contributed by atoms with Crippen molar-refractivity contribution in [2.45, 2.75) is 13.5 Å². The predicted molar refractivity (Wildman–Crippen MR) is 139 cm³/mol. The molecule has 0 unspecified atom stereocenters. The number of hydrogen-bond acceptors (Lipinski definition) is 5. The van der Waals surface area contributed by atoms with Crippen LogP contribution in [0.25, 0.3) is 6.08 Å². The summed E-state index contributed by atoms with van der Waals surface area (Å²) in [6.45, 7) is 1.82. The summed E-state index contributed by atoms with van der Waals surface area (Å²) in [6.07, 6.45) is 1.79. The van der Waals surface area contributed by atoms with Crippen molar-refractivity contribution in [3.63, 3.8) is 0 Å². The van der Waals surface area contributed by atoms with Crippen LogP contribution in [0.4, 0.5) is 11.4 Å². The molecule has 0 spiro atoms. The summed E-state index contributed by atoms with van der Waals surface area (Å²) < 4.78 is 6.45. The molecular weight excluding hydrogens is 476 g/mol. The Bertz CT molecular complexity index is 1240. The third-order valence-electron chi connectivity index (χ3n) is 4.75. The average Bonchev–Trinajstić information content (AvgIpc) is 3.07. The minimum atomic E-state index is -0.204. The summed E-state index contributed by atoms with van der Waals surface area (Å²) >= 11 is 12.7. The maximum Gasteiger partial charge on any atom is 0.270 e. The van der Waals surface area contributed by atoms with Crippen molar-refractivity contribution in [2.75, 3.05) is 10.2 Å². The van der Waals surface area contributed by atoms with E-state index in [4.69, 9.17) is 28.6 Å². The van der Waals surface area contributed by atoms with E-state index in [9.17, 15) is 9.59 Å². The lowest BCUT2D eigenvalue weighted by molar-refractivity contribution is -0.114. The van der Waals surface area contributed by atoms with Crippen molar-refractivity contribution in [1.29, 1.82) is 0 Å². The van der Waals surface area contributed by atoms with E-state index < -0.39 is 0 Å². The van der Waals surface area contributed by atoms with Crippen LogP contribution in [0.3, 0.4) is 0 Å². The standard InChI is InChI=1S/C25H19ClN2O3S2/c1-16(29)27-20-10-12-21(13-11-20)28-24(30)23(33-25(28)32)14-18-4-2-3-5-22(18)31-15-17-6-8-19(26)9-7-17/h2-14H,15H2,1H3,(H,27,29)/b23-14-. The van der Waals surface area contributed by atoms with Crippen molar-refractivity contribution in [1.82, 2.24) is 0 Å². The molecule has 0 saturated carbocycles. The van der Waals surface area contributed by atoms with E-state index in [0.29, 0.717) is 38.0 Å². The van der Waals surface area contributed by atoms with Crippen LogP contribution < -0.4 is 15.0 Å². The second-order valence-electron chi connectivity index (χ2n) is 7.20. The number of nitrogens with zero attached hydrogens (tertiary/aromatic N) is 1. The fourth-order valence-corrected chi connectivity index (χ4v) is 4.62. The fourth-order valence-electron chi connectivity index (χ4n) is 3.20. The highest BCUT2D eigenvalue weighted by Crippen LogP contribution is 2.37. The van der Waals surface area contributed by atoms with Crippen molar-refractivity contribution in [3.8, 4) is 5.75 Å². The highest BCUT2D eigenvalue weighted by atomic mass is 35.5. The van der Waals surface area contributed by atoms with E-state index in [0.717, 1.165) is 11.1 Å². The molecule has 3 aromatic rings. The summed E-state index contributed by atoms with van der Waals surface area (Å²) in [5.41, 5.74) is 3.07. The molecule has 8 heteroatoms. The zero-order valence-corrected chi connectivity index (χ0v) is 20.0. The van der Waals surface area contributed by atoms with Gasteiger partial charge in [0.2, 0.25) is 5.91 Å². The number of hydrogen-bond donors (Lipinski definition) is 1. The Hall–Kier alpha value is -3.13. The molecule has 0 atom stereocenters. The fraction of sp³-hybridized carbons (Fsp3) is 0.0800. The molecule has 33 heavy (non-hydrogen) atoms. The van der Waals surface area contributed by atoms with Crippen LogP contribution in [-0.2, 0) is 16.2 Å². The van der Waals surface area contributed by atoms with Gasteiger partial charge in [0.25, 0.3) is 5.91 Å². The first-order valence-corrected chi connectivity index (χ1v) is 11.6. The summed E-state index contributed by atoms with van der Waals surface area (Å²) in [6, 6.07) is 22.0.